The molecule has 1 heterocycles. The molecule has 0 saturated carbocycles. The molecule has 1 aromatic heterocycles. The lowest BCUT2D eigenvalue weighted by Gasteiger charge is -2.03. The van der Waals surface area contributed by atoms with Crippen LogP contribution in [0.5, 0.6) is 0 Å². The number of rotatable bonds is 5. The standard InChI is InChI=1S/C20H16N4O/c1-3-14-4-8-16(9-5-14)17-10-6-15(7-11-17)13-22-18-12-19(25)24-20(21-2)23-18/h3-13H,1-2H2,(H,23,24,25). The quantitative estimate of drug-likeness (QED) is 0.714. The fraction of sp³-hybridized carbons (Fsp3) is 0. The molecule has 0 atom stereocenters. The van der Waals surface area contributed by atoms with E-state index in [1.165, 1.54) is 6.07 Å². The Morgan fingerprint density at radius 3 is 2.12 bits per heavy atom. The van der Waals surface area contributed by atoms with Crippen LogP contribution in [0.2, 0.25) is 0 Å². The molecule has 3 aromatic rings. The summed E-state index contributed by atoms with van der Waals surface area (Å²) in [4.78, 5) is 25.8. The van der Waals surface area contributed by atoms with Crippen LogP contribution in [0.15, 0.2) is 76.0 Å². The molecule has 0 unspecified atom stereocenters. The highest BCUT2D eigenvalue weighted by atomic mass is 16.1. The summed E-state index contributed by atoms with van der Waals surface area (Å²) in [5.41, 5.74) is 3.92. The minimum absolute atomic E-state index is 0.151. The first-order chi connectivity index (χ1) is 12.2. The zero-order valence-corrected chi connectivity index (χ0v) is 13.5. The molecule has 0 bridgehead atoms. The van der Waals surface area contributed by atoms with Gasteiger partial charge < -0.3 is 0 Å². The molecule has 122 valence electrons. The molecule has 0 aliphatic carbocycles. The minimum Gasteiger partial charge on any atom is -0.291 e. The second-order valence-electron chi connectivity index (χ2n) is 5.29. The molecule has 0 spiro atoms. The fourth-order valence-corrected chi connectivity index (χ4v) is 2.29. The van der Waals surface area contributed by atoms with Gasteiger partial charge in [-0.05, 0) is 29.0 Å². The Bertz CT molecular complexity index is 983. The van der Waals surface area contributed by atoms with E-state index in [4.69, 9.17) is 0 Å². The highest BCUT2D eigenvalue weighted by molar-refractivity contribution is 5.82. The Balaban J connectivity index is 1.80. The van der Waals surface area contributed by atoms with Crippen molar-refractivity contribution in [2.45, 2.75) is 0 Å². The van der Waals surface area contributed by atoms with Gasteiger partial charge in [-0.25, -0.2) is 9.98 Å². The topological polar surface area (TPSA) is 70.5 Å². The van der Waals surface area contributed by atoms with Crippen molar-refractivity contribution in [1.82, 2.24) is 9.97 Å². The van der Waals surface area contributed by atoms with Crippen LogP contribution in [-0.2, 0) is 0 Å². The molecular formula is C20H16N4O. The van der Waals surface area contributed by atoms with E-state index in [0.717, 1.165) is 22.3 Å². The Morgan fingerprint density at radius 1 is 0.960 bits per heavy atom. The summed E-state index contributed by atoms with van der Waals surface area (Å²) in [6.45, 7) is 7.10. The maximum Gasteiger partial charge on any atom is 0.254 e. The molecule has 5 nitrogen and oxygen atoms in total. The highest BCUT2D eigenvalue weighted by Gasteiger charge is 1.99. The van der Waals surface area contributed by atoms with Crippen molar-refractivity contribution >= 4 is 30.8 Å². The summed E-state index contributed by atoms with van der Waals surface area (Å²) in [6.07, 6.45) is 3.47. The normalized spacial score (nSPS) is 10.7. The van der Waals surface area contributed by atoms with Crippen molar-refractivity contribution in [1.29, 1.82) is 0 Å². The van der Waals surface area contributed by atoms with E-state index in [2.05, 4.69) is 45.4 Å². The van der Waals surface area contributed by atoms with Crippen LogP contribution in [0.1, 0.15) is 11.1 Å². The predicted octanol–water partition coefficient (Wildman–Crippen LogP) is 4.16. The second kappa shape index (κ2) is 7.31. The van der Waals surface area contributed by atoms with Gasteiger partial charge in [0, 0.05) is 12.3 Å². The number of aromatic nitrogens is 2. The molecule has 25 heavy (non-hydrogen) atoms. The number of hydrogen-bond donors (Lipinski definition) is 1. The van der Waals surface area contributed by atoms with E-state index < -0.39 is 0 Å². The Kier molecular flexibility index (Phi) is 4.76. The lowest BCUT2D eigenvalue weighted by molar-refractivity contribution is 1.09. The van der Waals surface area contributed by atoms with Crippen LogP contribution in [0.25, 0.3) is 17.2 Å². The molecule has 0 aliphatic rings. The number of hydrogen-bond acceptors (Lipinski definition) is 4. The summed E-state index contributed by atoms with van der Waals surface area (Å²) in [7, 11) is 0. The van der Waals surface area contributed by atoms with E-state index in [0.29, 0.717) is 0 Å². The van der Waals surface area contributed by atoms with E-state index >= 15 is 0 Å². The second-order valence-corrected chi connectivity index (χ2v) is 5.29. The first kappa shape index (κ1) is 16.3. The van der Waals surface area contributed by atoms with Gasteiger partial charge >= 0.3 is 0 Å². The Hall–Kier alpha value is -3.60. The molecule has 0 radical (unpaired) electrons. The van der Waals surface area contributed by atoms with Crippen LogP contribution < -0.4 is 5.56 Å². The number of aromatic amines is 1. The number of H-pyrrole nitrogens is 1. The molecule has 0 fully saturated rings. The first-order valence-corrected chi connectivity index (χ1v) is 7.63. The average molecular weight is 328 g/mol. The first-order valence-electron chi connectivity index (χ1n) is 7.63. The summed E-state index contributed by atoms with van der Waals surface area (Å²) in [5.74, 6) is 0.438. The zero-order valence-electron chi connectivity index (χ0n) is 13.5. The van der Waals surface area contributed by atoms with Crippen LogP contribution in [0.4, 0.5) is 11.8 Å². The number of nitrogens with zero attached hydrogens (tertiary/aromatic N) is 3. The van der Waals surface area contributed by atoms with E-state index in [-0.39, 0.29) is 17.3 Å². The molecule has 0 amide bonds. The minimum atomic E-state index is -0.317. The molecular weight excluding hydrogens is 312 g/mol. The van der Waals surface area contributed by atoms with Gasteiger partial charge in [0.05, 0.1) is 0 Å². The van der Waals surface area contributed by atoms with Crippen molar-refractivity contribution in [2.24, 2.45) is 9.98 Å². The van der Waals surface area contributed by atoms with E-state index in [1.807, 2.05) is 42.5 Å². The highest BCUT2D eigenvalue weighted by Crippen LogP contribution is 2.20. The monoisotopic (exact) mass is 328 g/mol. The Morgan fingerprint density at radius 2 is 1.56 bits per heavy atom. The van der Waals surface area contributed by atoms with Gasteiger partial charge in [0.25, 0.3) is 5.56 Å². The van der Waals surface area contributed by atoms with Gasteiger partial charge in [-0.3, -0.25) is 9.78 Å². The van der Waals surface area contributed by atoms with Gasteiger partial charge in [0.15, 0.2) is 5.82 Å². The summed E-state index contributed by atoms with van der Waals surface area (Å²) >= 11 is 0. The van der Waals surface area contributed by atoms with Crippen molar-refractivity contribution in [3.05, 3.63) is 82.7 Å². The molecule has 5 heteroatoms. The van der Waals surface area contributed by atoms with Gasteiger partial charge in [-0.2, -0.15) is 4.98 Å². The summed E-state index contributed by atoms with van der Waals surface area (Å²) < 4.78 is 0. The van der Waals surface area contributed by atoms with Crippen LogP contribution >= 0.6 is 0 Å². The lowest BCUT2D eigenvalue weighted by Crippen LogP contribution is -2.03. The van der Waals surface area contributed by atoms with Gasteiger partial charge in [-0.1, -0.05) is 61.2 Å². The van der Waals surface area contributed by atoms with E-state index in [9.17, 15) is 4.79 Å². The zero-order chi connectivity index (χ0) is 17.6. The van der Waals surface area contributed by atoms with Crippen LogP contribution in [0.3, 0.4) is 0 Å². The van der Waals surface area contributed by atoms with Crippen molar-refractivity contribution < 1.29 is 0 Å². The van der Waals surface area contributed by atoms with Gasteiger partial charge in [-0.15, -0.1) is 0 Å². The summed E-state index contributed by atoms with van der Waals surface area (Å²) in [6, 6.07) is 17.4. The van der Waals surface area contributed by atoms with Crippen LogP contribution in [-0.4, -0.2) is 22.9 Å². The fourth-order valence-electron chi connectivity index (χ4n) is 2.29. The maximum absolute atomic E-state index is 11.5. The van der Waals surface area contributed by atoms with E-state index in [1.54, 1.807) is 6.21 Å². The number of nitrogens with one attached hydrogen (secondary N) is 1. The number of aliphatic imine (C=N–C) groups is 2. The van der Waals surface area contributed by atoms with Gasteiger partial charge in [0.2, 0.25) is 5.95 Å². The summed E-state index contributed by atoms with van der Waals surface area (Å²) in [5, 5.41) is 0. The van der Waals surface area contributed by atoms with Crippen molar-refractivity contribution in [3.63, 3.8) is 0 Å². The third kappa shape index (κ3) is 4.03. The third-order valence-electron chi connectivity index (χ3n) is 3.60. The average Bonchev–Trinajstić information content (AvgIpc) is 2.66. The predicted molar refractivity (Wildman–Crippen MR) is 103 cm³/mol. The Labute approximate surface area is 145 Å². The van der Waals surface area contributed by atoms with Gasteiger partial charge in [0.1, 0.15) is 0 Å². The number of benzene rings is 2. The molecule has 0 saturated heterocycles. The lowest BCUT2D eigenvalue weighted by atomic mass is 10.0. The smallest absolute Gasteiger partial charge is 0.254 e. The molecule has 1 N–H and O–H groups in total. The SMILES string of the molecule is C=Cc1ccc(-c2ccc(C=Nc3cc(=O)[nH]c(N=C)n3)cc2)cc1. The van der Waals surface area contributed by atoms with Crippen molar-refractivity contribution in [2.75, 3.05) is 0 Å². The third-order valence-corrected chi connectivity index (χ3v) is 3.60. The molecule has 0 aliphatic heterocycles. The van der Waals surface area contributed by atoms with Crippen LogP contribution in [0, 0.1) is 0 Å². The molecule has 2 aromatic carbocycles. The molecule has 3 rings (SSSR count). The maximum atomic E-state index is 11.5. The van der Waals surface area contributed by atoms with Crippen molar-refractivity contribution in [3.8, 4) is 11.1 Å². The largest absolute Gasteiger partial charge is 0.291 e.